The van der Waals surface area contributed by atoms with Gasteiger partial charge in [0.15, 0.2) is 0 Å². The SMILES string of the molecule is CCCCCCCCCCCCCC=CC=CC(N)=O. The summed E-state index contributed by atoms with van der Waals surface area (Å²) in [7, 11) is 0. The third-order valence-corrected chi connectivity index (χ3v) is 3.48. The Labute approximate surface area is 125 Å². The summed E-state index contributed by atoms with van der Waals surface area (Å²) in [5.41, 5.74) is 4.99. The van der Waals surface area contributed by atoms with Crippen LogP contribution in [0.25, 0.3) is 0 Å². The van der Waals surface area contributed by atoms with E-state index in [1.807, 2.05) is 6.08 Å². The van der Waals surface area contributed by atoms with E-state index >= 15 is 0 Å². The first-order valence-corrected chi connectivity index (χ1v) is 8.40. The number of hydrogen-bond donors (Lipinski definition) is 1. The highest BCUT2D eigenvalue weighted by Crippen LogP contribution is 2.11. The Kier molecular flexibility index (Phi) is 15.2. The Morgan fingerprint density at radius 2 is 1.30 bits per heavy atom. The largest absolute Gasteiger partial charge is 0.366 e. The maximum Gasteiger partial charge on any atom is 0.241 e. The van der Waals surface area contributed by atoms with Crippen LogP contribution in [0.5, 0.6) is 0 Å². The molecular formula is C18H33NO. The molecule has 2 nitrogen and oxygen atoms in total. The fraction of sp³-hybridized carbons (Fsp3) is 0.722. The Balaban J connectivity index is 3.11. The van der Waals surface area contributed by atoms with Crippen molar-refractivity contribution in [1.82, 2.24) is 0 Å². The van der Waals surface area contributed by atoms with Crippen LogP contribution in [-0.2, 0) is 4.79 Å². The van der Waals surface area contributed by atoms with Gasteiger partial charge in [0.1, 0.15) is 0 Å². The van der Waals surface area contributed by atoms with Crippen molar-refractivity contribution < 1.29 is 4.79 Å². The first kappa shape index (κ1) is 18.9. The van der Waals surface area contributed by atoms with Crippen molar-refractivity contribution in [2.45, 2.75) is 84.0 Å². The maximum atomic E-state index is 10.4. The van der Waals surface area contributed by atoms with E-state index in [4.69, 9.17) is 5.73 Å². The molecule has 0 atom stereocenters. The Morgan fingerprint density at radius 1 is 0.800 bits per heavy atom. The molecular weight excluding hydrogens is 246 g/mol. The zero-order chi connectivity index (χ0) is 14.9. The number of nitrogens with two attached hydrogens (primary N) is 1. The van der Waals surface area contributed by atoms with Crippen molar-refractivity contribution in [3.8, 4) is 0 Å². The van der Waals surface area contributed by atoms with E-state index in [9.17, 15) is 4.79 Å². The number of unbranched alkanes of at least 4 members (excludes halogenated alkanes) is 11. The van der Waals surface area contributed by atoms with Gasteiger partial charge in [-0.2, -0.15) is 0 Å². The number of carbonyl (C=O) groups is 1. The smallest absolute Gasteiger partial charge is 0.241 e. The summed E-state index contributed by atoms with van der Waals surface area (Å²) in [6.07, 6.45) is 23.4. The number of allylic oxidation sites excluding steroid dienone is 3. The summed E-state index contributed by atoms with van der Waals surface area (Å²) in [4.78, 5) is 10.4. The van der Waals surface area contributed by atoms with Gasteiger partial charge in [-0.1, -0.05) is 89.4 Å². The standard InChI is InChI=1S/C18H33NO/c1-2-3-4-5-6-7-8-9-10-11-12-13-14-15-16-17-18(19)20/h14-17H,2-13H2,1H3,(H2,19,20). The second-order valence-electron chi connectivity index (χ2n) is 5.51. The van der Waals surface area contributed by atoms with Crippen molar-refractivity contribution in [3.05, 3.63) is 24.3 Å². The molecule has 0 heterocycles. The highest BCUT2D eigenvalue weighted by molar-refractivity contribution is 5.85. The van der Waals surface area contributed by atoms with Gasteiger partial charge in [-0.15, -0.1) is 0 Å². The molecule has 0 aliphatic rings. The molecule has 20 heavy (non-hydrogen) atoms. The van der Waals surface area contributed by atoms with Gasteiger partial charge in [0.25, 0.3) is 0 Å². The van der Waals surface area contributed by atoms with Gasteiger partial charge < -0.3 is 5.73 Å². The fourth-order valence-electron chi connectivity index (χ4n) is 2.25. The molecule has 0 aromatic rings. The minimum atomic E-state index is -0.385. The summed E-state index contributed by atoms with van der Waals surface area (Å²) in [6.45, 7) is 2.27. The molecule has 0 rings (SSSR count). The van der Waals surface area contributed by atoms with Gasteiger partial charge in [-0.3, -0.25) is 4.79 Å². The van der Waals surface area contributed by atoms with Crippen LogP contribution >= 0.6 is 0 Å². The van der Waals surface area contributed by atoms with Crippen LogP contribution in [0.1, 0.15) is 84.0 Å². The monoisotopic (exact) mass is 279 g/mol. The molecule has 0 fully saturated rings. The number of hydrogen-bond acceptors (Lipinski definition) is 1. The Hall–Kier alpha value is -1.05. The number of amides is 1. The number of carbonyl (C=O) groups excluding carboxylic acids is 1. The molecule has 0 saturated carbocycles. The van der Waals surface area contributed by atoms with Gasteiger partial charge in [0.05, 0.1) is 0 Å². The Bertz CT molecular complexity index is 269. The van der Waals surface area contributed by atoms with Gasteiger partial charge in [0.2, 0.25) is 5.91 Å². The van der Waals surface area contributed by atoms with Crippen molar-refractivity contribution in [1.29, 1.82) is 0 Å². The highest BCUT2D eigenvalue weighted by atomic mass is 16.1. The lowest BCUT2D eigenvalue weighted by atomic mass is 10.1. The maximum absolute atomic E-state index is 10.4. The first-order chi connectivity index (χ1) is 9.77. The van der Waals surface area contributed by atoms with Crippen LogP contribution in [0.3, 0.4) is 0 Å². The summed E-state index contributed by atoms with van der Waals surface area (Å²) in [6, 6.07) is 0. The van der Waals surface area contributed by atoms with Crippen LogP contribution < -0.4 is 5.73 Å². The molecule has 2 heteroatoms. The third-order valence-electron chi connectivity index (χ3n) is 3.48. The van der Waals surface area contributed by atoms with Crippen molar-refractivity contribution in [2.75, 3.05) is 0 Å². The first-order valence-electron chi connectivity index (χ1n) is 8.40. The molecule has 1 amide bonds. The van der Waals surface area contributed by atoms with E-state index in [0.29, 0.717) is 0 Å². The lowest BCUT2D eigenvalue weighted by Crippen LogP contribution is -2.04. The minimum absolute atomic E-state index is 0.385. The van der Waals surface area contributed by atoms with Gasteiger partial charge in [-0.05, 0) is 12.8 Å². The Morgan fingerprint density at radius 3 is 1.80 bits per heavy atom. The molecule has 0 aliphatic carbocycles. The topological polar surface area (TPSA) is 43.1 Å². The van der Waals surface area contributed by atoms with Crippen LogP contribution in [0, 0.1) is 0 Å². The van der Waals surface area contributed by atoms with E-state index in [-0.39, 0.29) is 5.91 Å². The normalized spacial score (nSPS) is 11.7. The van der Waals surface area contributed by atoms with Crippen LogP contribution in [0.15, 0.2) is 24.3 Å². The second kappa shape index (κ2) is 16.0. The third kappa shape index (κ3) is 16.9. The molecule has 0 saturated heterocycles. The minimum Gasteiger partial charge on any atom is -0.366 e. The summed E-state index contributed by atoms with van der Waals surface area (Å²) in [5.74, 6) is -0.385. The lowest BCUT2D eigenvalue weighted by Gasteiger charge is -2.01. The average Bonchev–Trinajstić information content (AvgIpc) is 2.43. The van der Waals surface area contributed by atoms with Crippen molar-refractivity contribution in [2.24, 2.45) is 5.73 Å². The number of primary amides is 1. The molecule has 0 spiro atoms. The molecule has 116 valence electrons. The lowest BCUT2D eigenvalue weighted by molar-refractivity contribution is -0.113. The predicted octanol–water partition coefficient (Wildman–Crippen LogP) is 5.29. The molecule has 0 radical (unpaired) electrons. The van der Waals surface area contributed by atoms with Crippen molar-refractivity contribution >= 4 is 5.91 Å². The summed E-state index contributed by atoms with van der Waals surface area (Å²) >= 11 is 0. The predicted molar refractivity (Wildman–Crippen MR) is 88.6 cm³/mol. The fourth-order valence-corrected chi connectivity index (χ4v) is 2.25. The zero-order valence-corrected chi connectivity index (χ0v) is 13.3. The van der Waals surface area contributed by atoms with E-state index in [1.165, 1.54) is 76.7 Å². The van der Waals surface area contributed by atoms with Crippen LogP contribution in [0.4, 0.5) is 0 Å². The molecule has 0 aliphatic heterocycles. The molecule has 0 aromatic heterocycles. The molecule has 0 unspecified atom stereocenters. The van der Waals surface area contributed by atoms with Gasteiger partial charge >= 0.3 is 0 Å². The molecule has 0 bridgehead atoms. The van der Waals surface area contributed by atoms with E-state index in [0.717, 1.165) is 6.42 Å². The molecule has 2 N–H and O–H groups in total. The number of rotatable bonds is 14. The average molecular weight is 279 g/mol. The van der Waals surface area contributed by atoms with Crippen LogP contribution in [0.2, 0.25) is 0 Å². The summed E-state index contributed by atoms with van der Waals surface area (Å²) in [5, 5.41) is 0. The zero-order valence-electron chi connectivity index (χ0n) is 13.3. The second-order valence-corrected chi connectivity index (χ2v) is 5.51. The molecule has 0 aromatic carbocycles. The summed E-state index contributed by atoms with van der Waals surface area (Å²) < 4.78 is 0. The van der Waals surface area contributed by atoms with Gasteiger partial charge in [-0.25, -0.2) is 0 Å². The van der Waals surface area contributed by atoms with E-state index in [2.05, 4.69) is 13.0 Å². The van der Waals surface area contributed by atoms with E-state index < -0.39 is 0 Å². The van der Waals surface area contributed by atoms with Crippen LogP contribution in [-0.4, -0.2) is 5.91 Å². The van der Waals surface area contributed by atoms with Gasteiger partial charge in [0, 0.05) is 6.08 Å². The van der Waals surface area contributed by atoms with E-state index in [1.54, 1.807) is 6.08 Å². The van der Waals surface area contributed by atoms with Crippen molar-refractivity contribution in [3.63, 3.8) is 0 Å². The highest BCUT2D eigenvalue weighted by Gasteiger charge is 1.92. The quantitative estimate of drug-likeness (QED) is 0.262.